The Morgan fingerprint density at radius 2 is 1.57 bits per heavy atom. The van der Waals surface area contributed by atoms with Gasteiger partial charge in [-0.05, 0) is 0 Å². The molecule has 0 bridgehead atoms. The SMILES string of the molecule is C=C(O)c1nc(N)c(C(=O)O)nc1N. The summed E-state index contributed by atoms with van der Waals surface area (Å²) in [6.07, 6.45) is 0. The van der Waals surface area contributed by atoms with Gasteiger partial charge in [0.2, 0.25) is 0 Å². The predicted octanol–water partition coefficient (Wildman–Crippen LogP) is -0.132. The number of nitrogens with zero attached hydrogens (tertiary/aromatic N) is 2. The minimum Gasteiger partial charge on any atom is -0.506 e. The lowest BCUT2D eigenvalue weighted by Crippen LogP contribution is -2.12. The number of aliphatic hydroxyl groups excluding tert-OH is 1. The largest absolute Gasteiger partial charge is 0.506 e. The van der Waals surface area contributed by atoms with Gasteiger partial charge < -0.3 is 21.7 Å². The third kappa shape index (κ3) is 1.56. The van der Waals surface area contributed by atoms with Gasteiger partial charge in [-0.15, -0.1) is 0 Å². The van der Waals surface area contributed by atoms with Crippen molar-refractivity contribution in [1.29, 1.82) is 0 Å². The van der Waals surface area contributed by atoms with Crippen LogP contribution in [0.15, 0.2) is 6.58 Å². The number of carbonyl (C=O) groups is 1. The van der Waals surface area contributed by atoms with E-state index in [1.54, 1.807) is 0 Å². The first-order chi connectivity index (χ1) is 6.43. The second kappa shape index (κ2) is 3.21. The second-order valence-corrected chi connectivity index (χ2v) is 2.44. The van der Waals surface area contributed by atoms with Crippen molar-refractivity contribution in [3.05, 3.63) is 18.0 Å². The molecule has 0 saturated heterocycles. The van der Waals surface area contributed by atoms with E-state index in [0.717, 1.165) is 0 Å². The summed E-state index contributed by atoms with van der Waals surface area (Å²) in [5, 5.41) is 17.6. The van der Waals surface area contributed by atoms with Crippen molar-refractivity contribution in [2.45, 2.75) is 0 Å². The molecule has 74 valence electrons. The highest BCUT2D eigenvalue weighted by Crippen LogP contribution is 2.17. The fraction of sp³-hybridized carbons (Fsp3) is 0. The molecule has 0 saturated carbocycles. The Bertz CT molecular complexity index is 376. The number of aromatic carboxylic acids is 1. The monoisotopic (exact) mass is 196 g/mol. The second-order valence-electron chi connectivity index (χ2n) is 2.44. The summed E-state index contributed by atoms with van der Waals surface area (Å²) >= 11 is 0. The molecule has 7 heteroatoms. The Labute approximate surface area is 78.7 Å². The first-order valence-electron chi connectivity index (χ1n) is 3.48. The maximum atomic E-state index is 10.5. The molecule has 1 rings (SSSR count). The molecule has 0 fully saturated rings. The van der Waals surface area contributed by atoms with Crippen molar-refractivity contribution in [2.24, 2.45) is 0 Å². The quantitative estimate of drug-likeness (QED) is 0.483. The Morgan fingerprint density at radius 1 is 1.14 bits per heavy atom. The molecule has 1 aromatic heterocycles. The van der Waals surface area contributed by atoms with Gasteiger partial charge in [-0.2, -0.15) is 0 Å². The normalized spacial score (nSPS) is 9.71. The first-order valence-corrected chi connectivity index (χ1v) is 3.48. The molecular weight excluding hydrogens is 188 g/mol. The van der Waals surface area contributed by atoms with Crippen LogP contribution in [0.2, 0.25) is 0 Å². The number of hydrogen-bond acceptors (Lipinski definition) is 6. The van der Waals surface area contributed by atoms with E-state index >= 15 is 0 Å². The standard InChI is InChI=1S/C7H8N4O3/c1-2(12)3-5(8)11-4(7(13)14)6(9)10-3/h12H,1H2,(H2,8,11)(H2,9,10)(H,13,14). The van der Waals surface area contributed by atoms with Crippen molar-refractivity contribution < 1.29 is 15.0 Å². The summed E-state index contributed by atoms with van der Waals surface area (Å²) in [5.74, 6) is -2.31. The minimum atomic E-state index is -1.34. The van der Waals surface area contributed by atoms with Crippen LogP contribution in [0, 0.1) is 0 Å². The summed E-state index contributed by atoms with van der Waals surface area (Å²) in [5.41, 5.74) is 10.0. The summed E-state index contributed by atoms with van der Waals surface area (Å²) in [7, 11) is 0. The van der Waals surface area contributed by atoms with E-state index in [-0.39, 0.29) is 17.3 Å². The van der Waals surface area contributed by atoms with Crippen LogP contribution >= 0.6 is 0 Å². The van der Waals surface area contributed by atoms with Crippen LogP contribution in [0.5, 0.6) is 0 Å². The van der Waals surface area contributed by atoms with Crippen LogP contribution in [-0.4, -0.2) is 26.2 Å². The highest BCUT2D eigenvalue weighted by molar-refractivity contribution is 5.91. The maximum Gasteiger partial charge on any atom is 0.358 e. The van der Waals surface area contributed by atoms with Crippen molar-refractivity contribution in [3.8, 4) is 0 Å². The molecule has 0 aromatic carbocycles. The van der Waals surface area contributed by atoms with Gasteiger partial charge in [-0.1, -0.05) is 6.58 Å². The van der Waals surface area contributed by atoms with Gasteiger partial charge in [0.25, 0.3) is 0 Å². The molecule has 6 N–H and O–H groups in total. The zero-order chi connectivity index (χ0) is 10.9. The highest BCUT2D eigenvalue weighted by atomic mass is 16.4. The first kappa shape index (κ1) is 9.78. The molecule has 0 radical (unpaired) electrons. The minimum absolute atomic E-state index is 0.118. The lowest BCUT2D eigenvalue weighted by molar-refractivity contribution is 0.0691. The van der Waals surface area contributed by atoms with E-state index < -0.39 is 17.4 Å². The molecule has 0 aliphatic heterocycles. The Hall–Kier alpha value is -2.31. The third-order valence-electron chi connectivity index (χ3n) is 1.43. The number of carboxylic acids is 1. The van der Waals surface area contributed by atoms with Gasteiger partial charge in [0, 0.05) is 0 Å². The van der Waals surface area contributed by atoms with Crippen LogP contribution in [0.1, 0.15) is 16.2 Å². The number of hydrogen-bond donors (Lipinski definition) is 4. The average Bonchev–Trinajstić information content (AvgIpc) is 2.07. The molecule has 1 aromatic rings. The molecular formula is C7H8N4O3. The average molecular weight is 196 g/mol. The predicted molar refractivity (Wildman–Crippen MR) is 49.5 cm³/mol. The van der Waals surface area contributed by atoms with E-state index in [1.807, 2.05) is 0 Å². The number of anilines is 2. The van der Waals surface area contributed by atoms with Crippen LogP contribution < -0.4 is 11.5 Å². The fourth-order valence-corrected chi connectivity index (χ4v) is 0.831. The van der Waals surface area contributed by atoms with Gasteiger partial charge in [-0.25, -0.2) is 14.8 Å². The topological polar surface area (TPSA) is 135 Å². The third-order valence-corrected chi connectivity index (χ3v) is 1.43. The molecule has 0 atom stereocenters. The van der Waals surface area contributed by atoms with Crippen LogP contribution in [-0.2, 0) is 0 Å². The van der Waals surface area contributed by atoms with Gasteiger partial charge >= 0.3 is 5.97 Å². The molecule has 0 amide bonds. The highest BCUT2D eigenvalue weighted by Gasteiger charge is 2.16. The van der Waals surface area contributed by atoms with Crippen molar-refractivity contribution >= 4 is 23.4 Å². The molecule has 7 nitrogen and oxygen atoms in total. The number of carboxylic acid groups (broad SMARTS) is 1. The van der Waals surface area contributed by atoms with Gasteiger partial charge in [0.1, 0.15) is 11.5 Å². The molecule has 14 heavy (non-hydrogen) atoms. The molecule has 0 spiro atoms. The van der Waals surface area contributed by atoms with Crippen LogP contribution in [0.25, 0.3) is 5.76 Å². The van der Waals surface area contributed by atoms with E-state index in [9.17, 15) is 4.79 Å². The van der Waals surface area contributed by atoms with E-state index in [2.05, 4.69) is 16.5 Å². The van der Waals surface area contributed by atoms with Crippen LogP contribution in [0.3, 0.4) is 0 Å². The molecule has 0 unspecified atom stereocenters. The summed E-state index contributed by atoms with van der Waals surface area (Å²) < 4.78 is 0. The number of nitrogens with two attached hydrogens (primary N) is 2. The Kier molecular flexibility index (Phi) is 2.24. The number of rotatable bonds is 2. The Morgan fingerprint density at radius 3 is 2.00 bits per heavy atom. The zero-order valence-electron chi connectivity index (χ0n) is 7.06. The molecule has 0 aliphatic rings. The number of aliphatic hydroxyl groups is 1. The van der Waals surface area contributed by atoms with E-state index in [4.69, 9.17) is 21.7 Å². The molecule has 1 heterocycles. The smallest absolute Gasteiger partial charge is 0.358 e. The van der Waals surface area contributed by atoms with E-state index in [1.165, 1.54) is 0 Å². The van der Waals surface area contributed by atoms with Crippen molar-refractivity contribution in [2.75, 3.05) is 11.5 Å². The molecule has 0 aliphatic carbocycles. The number of aromatic nitrogens is 2. The van der Waals surface area contributed by atoms with Crippen molar-refractivity contribution in [1.82, 2.24) is 9.97 Å². The van der Waals surface area contributed by atoms with E-state index in [0.29, 0.717) is 0 Å². The van der Waals surface area contributed by atoms with Gasteiger partial charge in [-0.3, -0.25) is 0 Å². The van der Waals surface area contributed by atoms with Crippen molar-refractivity contribution in [3.63, 3.8) is 0 Å². The fourth-order valence-electron chi connectivity index (χ4n) is 0.831. The Balaban J connectivity index is 3.38. The lowest BCUT2D eigenvalue weighted by atomic mass is 10.3. The lowest BCUT2D eigenvalue weighted by Gasteiger charge is -2.05. The van der Waals surface area contributed by atoms with Gasteiger partial charge in [0.15, 0.2) is 17.3 Å². The zero-order valence-corrected chi connectivity index (χ0v) is 7.06. The van der Waals surface area contributed by atoms with Crippen LogP contribution in [0.4, 0.5) is 11.6 Å². The number of nitrogen functional groups attached to an aromatic ring is 2. The summed E-state index contributed by atoms with van der Waals surface area (Å²) in [6.45, 7) is 3.17. The maximum absolute atomic E-state index is 10.5. The van der Waals surface area contributed by atoms with Gasteiger partial charge in [0.05, 0.1) is 0 Å². The summed E-state index contributed by atoms with van der Waals surface area (Å²) in [4.78, 5) is 17.5. The summed E-state index contributed by atoms with van der Waals surface area (Å²) in [6, 6.07) is 0.